The third-order valence-corrected chi connectivity index (χ3v) is 4.14. The van der Waals surface area contributed by atoms with Gasteiger partial charge in [0.2, 0.25) is 0 Å². The second-order valence-corrected chi connectivity index (χ2v) is 6.24. The van der Waals surface area contributed by atoms with E-state index in [9.17, 15) is 9.59 Å². The van der Waals surface area contributed by atoms with Gasteiger partial charge in [-0.2, -0.15) is 0 Å². The average Bonchev–Trinajstić information content (AvgIpc) is 2.53. The largest absolute Gasteiger partial charge is 0.422 e. The number of hydrogen-bond donors (Lipinski definition) is 0. The summed E-state index contributed by atoms with van der Waals surface area (Å²) in [5.74, 6) is -0.304. The maximum absolute atomic E-state index is 12.8. The van der Waals surface area contributed by atoms with Gasteiger partial charge in [0, 0.05) is 18.5 Å². The van der Waals surface area contributed by atoms with Gasteiger partial charge >= 0.3 is 5.63 Å². The molecule has 0 radical (unpaired) electrons. The molecule has 2 aromatic rings. The lowest BCUT2D eigenvalue weighted by Crippen LogP contribution is -2.49. The van der Waals surface area contributed by atoms with Gasteiger partial charge in [0.15, 0.2) is 0 Å². The van der Waals surface area contributed by atoms with Crippen LogP contribution < -0.4 is 5.63 Å². The Hall–Kier alpha value is -2.40. The van der Waals surface area contributed by atoms with Crippen LogP contribution in [0.3, 0.4) is 0 Å². The molecule has 2 atom stereocenters. The number of ether oxygens (including phenoxy) is 1. The smallest absolute Gasteiger partial charge is 0.349 e. The Morgan fingerprint density at radius 2 is 2.04 bits per heavy atom. The van der Waals surface area contributed by atoms with Crippen LogP contribution >= 0.6 is 0 Å². The second-order valence-electron chi connectivity index (χ2n) is 6.24. The van der Waals surface area contributed by atoms with Crippen molar-refractivity contribution < 1.29 is 13.9 Å². The molecule has 1 aromatic carbocycles. The van der Waals surface area contributed by atoms with E-state index in [4.69, 9.17) is 9.15 Å². The Bertz CT molecular complexity index is 829. The Morgan fingerprint density at radius 3 is 2.71 bits per heavy atom. The summed E-state index contributed by atoms with van der Waals surface area (Å²) >= 11 is 0. The molecular formula is C19H21NO4. The molecule has 1 fully saturated rings. The molecule has 24 heavy (non-hydrogen) atoms. The normalized spacial score (nSPS) is 21.0. The lowest BCUT2D eigenvalue weighted by atomic mass is 10.1. The summed E-state index contributed by atoms with van der Waals surface area (Å²) in [4.78, 5) is 26.8. The van der Waals surface area contributed by atoms with Crippen molar-refractivity contribution in [2.24, 2.45) is 0 Å². The van der Waals surface area contributed by atoms with Crippen molar-refractivity contribution in [3.8, 4) is 0 Å². The Balaban J connectivity index is 2.00. The molecule has 0 aliphatic carbocycles. The summed E-state index contributed by atoms with van der Waals surface area (Å²) in [6, 6.07) is 7.24. The van der Waals surface area contributed by atoms with Crippen LogP contribution in [0.1, 0.15) is 29.8 Å². The van der Waals surface area contributed by atoms with E-state index in [-0.39, 0.29) is 23.7 Å². The van der Waals surface area contributed by atoms with Gasteiger partial charge in [-0.15, -0.1) is 6.58 Å². The molecule has 0 saturated carbocycles. The Morgan fingerprint density at radius 1 is 1.33 bits per heavy atom. The third-order valence-electron chi connectivity index (χ3n) is 4.14. The molecule has 1 aliphatic heterocycles. The zero-order chi connectivity index (χ0) is 17.3. The predicted octanol–water partition coefficient (Wildman–Crippen LogP) is 2.77. The van der Waals surface area contributed by atoms with Gasteiger partial charge in [0.05, 0.1) is 12.2 Å². The quantitative estimate of drug-likeness (QED) is 0.642. The number of benzene rings is 1. The SMILES string of the molecule is C=CCc1cccc2cc(C(=O)N3C[C@@H](C)O[C@@H](C)C3)c(=O)oc12. The first-order chi connectivity index (χ1) is 11.5. The number of para-hydroxylation sites is 1. The Labute approximate surface area is 140 Å². The van der Waals surface area contributed by atoms with Gasteiger partial charge < -0.3 is 14.1 Å². The van der Waals surface area contributed by atoms with Gasteiger partial charge in [-0.05, 0) is 31.9 Å². The van der Waals surface area contributed by atoms with Gasteiger partial charge in [0.25, 0.3) is 5.91 Å². The van der Waals surface area contributed by atoms with Crippen molar-refractivity contribution in [2.45, 2.75) is 32.5 Å². The molecule has 0 spiro atoms. The monoisotopic (exact) mass is 327 g/mol. The van der Waals surface area contributed by atoms with Crippen molar-refractivity contribution in [3.05, 3.63) is 58.5 Å². The van der Waals surface area contributed by atoms with E-state index in [1.54, 1.807) is 17.0 Å². The number of rotatable bonds is 3. The van der Waals surface area contributed by atoms with E-state index < -0.39 is 5.63 Å². The highest BCUT2D eigenvalue weighted by molar-refractivity contribution is 5.97. The van der Waals surface area contributed by atoms with Crippen molar-refractivity contribution in [3.63, 3.8) is 0 Å². The first kappa shape index (κ1) is 16.5. The molecule has 1 saturated heterocycles. The number of hydrogen-bond acceptors (Lipinski definition) is 4. The minimum Gasteiger partial charge on any atom is -0.422 e. The summed E-state index contributed by atoms with van der Waals surface area (Å²) in [5, 5.41) is 0.742. The molecule has 2 heterocycles. The molecule has 126 valence electrons. The lowest BCUT2D eigenvalue weighted by molar-refractivity contribution is -0.0587. The fourth-order valence-electron chi connectivity index (χ4n) is 3.18. The van der Waals surface area contributed by atoms with Gasteiger partial charge in [-0.3, -0.25) is 4.79 Å². The standard InChI is InChI=1S/C19H21NO4/c1-4-6-14-7-5-8-15-9-16(19(22)24-17(14)15)18(21)20-10-12(2)23-13(3)11-20/h4-5,7-9,12-13H,1,6,10-11H2,2-3H3/t12-,13+. The molecule has 3 rings (SSSR count). The van der Waals surface area contributed by atoms with E-state index in [1.807, 2.05) is 32.0 Å². The van der Waals surface area contributed by atoms with Crippen LogP contribution in [0.5, 0.6) is 0 Å². The fourth-order valence-corrected chi connectivity index (χ4v) is 3.18. The zero-order valence-corrected chi connectivity index (χ0v) is 14.0. The Kier molecular flexibility index (Phi) is 4.53. The van der Waals surface area contributed by atoms with Crippen molar-refractivity contribution in [1.82, 2.24) is 4.90 Å². The molecule has 1 aromatic heterocycles. The molecule has 0 N–H and O–H groups in total. The van der Waals surface area contributed by atoms with E-state index in [0.29, 0.717) is 25.1 Å². The van der Waals surface area contributed by atoms with Crippen LogP contribution in [0.25, 0.3) is 11.0 Å². The van der Waals surface area contributed by atoms with Crippen LogP contribution in [-0.4, -0.2) is 36.1 Å². The summed E-state index contributed by atoms with van der Waals surface area (Å²) in [7, 11) is 0. The van der Waals surface area contributed by atoms with Crippen molar-refractivity contribution in [2.75, 3.05) is 13.1 Å². The first-order valence-corrected chi connectivity index (χ1v) is 8.11. The molecule has 0 bridgehead atoms. The molecule has 0 unspecified atom stereocenters. The summed E-state index contributed by atoms with van der Waals surface area (Å²) in [5.41, 5.74) is 0.866. The van der Waals surface area contributed by atoms with Crippen LogP contribution in [0, 0.1) is 0 Å². The summed E-state index contributed by atoms with van der Waals surface area (Å²) in [6.45, 7) is 8.49. The van der Waals surface area contributed by atoms with E-state index in [1.165, 1.54) is 0 Å². The van der Waals surface area contributed by atoms with Gasteiger partial charge in [-0.25, -0.2) is 4.79 Å². The maximum Gasteiger partial charge on any atom is 0.349 e. The zero-order valence-electron chi connectivity index (χ0n) is 14.0. The highest BCUT2D eigenvalue weighted by Crippen LogP contribution is 2.20. The van der Waals surface area contributed by atoms with Crippen LogP contribution in [0.2, 0.25) is 0 Å². The summed E-state index contributed by atoms with van der Waals surface area (Å²) < 4.78 is 11.1. The highest BCUT2D eigenvalue weighted by Gasteiger charge is 2.28. The number of carbonyl (C=O) groups is 1. The maximum atomic E-state index is 12.8. The molecule has 1 aliphatic rings. The van der Waals surface area contributed by atoms with E-state index in [2.05, 4.69) is 6.58 Å². The molecule has 5 heteroatoms. The molecule has 5 nitrogen and oxygen atoms in total. The van der Waals surface area contributed by atoms with Gasteiger partial charge in [0.1, 0.15) is 11.1 Å². The van der Waals surface area contributed by atoms with Crippen molar-refractivity contribution >= 4 is 16.9 Å². The van der Waals surface area contributed by atoms with Crippen molar-refractivity contribution in [1.29, 1.82) is 0 Å². The number of allylic oxidation sites excluding steroid dienone is 1. The van der Waals surface area contributed by atoms with Crippen LogP contribution in [-0.2, 0) is 11.2 Å². The fraction of sp³-hybridized carbons (Fsp3) is 0.368. The topological polar surface area (TPSA) is 59.8 Å². The minimum atomic E-state index is -0.601. The first-order valence-electron chi connectivity index (χ1n) is 8.11. The lowest BCUT2D eigenvalue weighted by Gasteiger charge is -2.35. The average molecular weight is 327 g/mol. The van der Waals surface area contributed by atoms with E-state index in [0.717, 1.165) is 10.9 Å². The molecule has 1 amide bonds. The number of amides is 1. The molecular weight excluding hydrogens is 306 g/mol. The number of carbonyl (C=O) groups excluding carboxylic acids is 1. The van der Waals surface area contributed by atoms with Crippen LogP contribution in [0.4, 0.5) is 0 Å². The minimum absolute atomic E-state index is 0.0515. The number of fused-ring (bicyclic) bond motifs is 1. The van der Waals surface area contributed by atoms with Crippen LogP contribution in [0.15, 0.2) is 46.1 Å². The second kappa shape index (κ2) is 6.61. The number of morpholine rings is 1. The van der Waals surface area contributed by atoms with Gasteiger partial charge in [-0.1, -0.05) is 24.3 Å². The highest BCUT2D eigenvalue weighted by atomic mass is 16.5. The number of nitrogens with zero attached hydrogens (tertiary/aromatic N) is 1. The predicted molar refractivity (Wildman–Crippen MR) is 92.3 cm³/mol. The van der Waals surface area contributed by atoms with E-state index >= 15 is 0 Å². The summed E-state index contributed by atoms with van der Waals surface area (Å²) in [6.07, 6.45) is 2.25. The third kappa shape index (κ3) is 3.12.